The SMILES string of the molecule is Brc1ccc2c3ccccc3c3ccccc3c2c1.COc1cccc(B(O)O)c1.OCc1cccc(-c2ccc3c4ccccc4c4ccccc4c3c2)c1. The largest absolute Gasteiger partial charge is 0.497 e. The number of aliphatic hydroxyl groups excluding tert-OH is 1. The third kappa shape index (κ3) is 7.36. The third-order valence-corrected chi connectivity index (χ3v) is 10.8. The maximum atomic E-state index is 9.44. The monoisotopic (exact) mass is 792 g/mol. The Kier molecular flexibility index (Phi) is 10.8. The first-order chi connectivity index (χ1) is 27.4. The van der Waals surface area contributed by atoms with Gasteiger partial charge in [0.05, 0.1) is 13.7 Å². The molecule has 0 spiro atoms. The molecule has 0 aromatic heterocycles. The number of rotatable bonds is 4. The fourth-order valence-corrected chi connectivity index (χ4v) is 7.98. The van der Waals surface area contributed by atoms with Crippen LogP contribution in [0.4, 0.5) is 0 Å². The number of benzene rings is 10. The molecule has 3 N–H and O–H groups in total. The van der Waals surface area contributed by atoms with Crippen molar-refractivity contribution in [3.05, 3.63) is 192 Å². The lowest BCUT2D eigenvalue weighted by molar-refractivity contribution is 0.282. The van der Waals surface area contributed by atoms with Crippen molar-refractivity contribution in [3.63, 3.8) is 0 Å². The van der Waals surface area contributed by atoms with Gasteiger partial charge in [0.2, 0.25) is 0 Å². The van der Waals surface area contributed by atoms with E-state index in [1.807, 2.05) is 12.1 Å². The van der Waals surface area contributed by atoms with Gasteiger partial charge < -0.3 is 19.9 Å². The smallest absolute Gasteiger partial charge is 0.488 e. The van der Waals surface area contributed by atoms with Crippen molar-refractivity contribution >= 4 is 93.1 Å². The molecule has 0 fully saturated rings. The fraction of sp³-hybridized carbons (Fsp3) is 0.0400. The molecule has 0 bridgehead atoms. The molecule has 0 amide bonds. The van der Waals surface area contributed by atoms with Gasteiger partial charge in [-0.05, 0) is 123 Å². The zero-order valence-corrected chi connectivity index (χ0v) is 32.3. The van der Waals surface area contributed by atoms with Crippen LogP contribution in [0.25, 0.3) is 75.8 Å². The van der Waals surface area contributed by atoms with Crippen molar-refractivity contribution in [1.29, 1.82) is 0 Å². The average Bonchev–Trinajstić information content (AvgIpc) is 3.27. The summed E-state index contributed by atoms with van der Waals surface area (Å²) in [6, 6.07) is 62.5. The molecule has 0 atom stereocenters. The van der Waals surface area contributed by atoms with E-state index >= 15 is 0 Å². The second kappa shape index (κ2) is 16.4. The molecule has 10 rings (SSSR count). The number of hydrogen-bond donors (Lipinski definition) is 3. The molecule has 0 heterocycles. The summed E-state index contributed by atoms with van der Waals surface area (Å²) in [7, 11) is 0.105. The Morgan fingerprint density at radius 1 is 0.429 bits per heavy atom. The zero-order chi connectivity index (χ0) is 38.6. The van der Waals surface area contributed by atoms with Crippen LogP contribution in [0.15, 0.2) is 186 Å². The number of methoxy groups -OCH3 is 1. The normalized spacial score (nSPS) is 11.0. The van der Waals surface area contributed by atoms with Crippen LogP contribution in [0.3, 0.4) is 0 Å². The Morgan fingerprint density at radius 3 is 1.34 bits per heavy atom. The zero-order valence-electron chi connectivity index (χ0n) is 30.7. The van der Waals surface area contributed by atoms with Crippen LogP contribution in [-0.4, -0.2) is 29.4 Å². The van der Waals surface area contributed by atoms with E-state index in [1.54, 1.807) is 24.3 Å². The summed E-state index contributed by atoms with van der Waals surface area (Å²) >= 11 is 3.58. The fourth-order valence-electron chi connectivity index (χ4n) is 7.62. The summed E-state index contributed by atoms with van der Waals surface area (Å²) in [4.78, 5) is 0. The number of aliphatic hydroxyl groups is 1. The number of hydrogen-bond acceptors (Lipinski definition) is 4. The molecule has 4 nitrogen and oxygen atoms in total. The first-order valence-electron chi connectivity index (χ1n) is 18.5. The van der Waals surface area contributed by atoms with Gasteiger partial charge in [-0.15, -0.1) is 0 Å². The molecule has 0 aliphatic heterocycles. The Hall–Kier alpha value is -6.02. The summed E-state index contributed by atoms with van der Waals surface area (Å²) in [5.74, 6) is 0.621. The highest BCUT2D eigenvalue weighted by molar-refractivity contribution is 9.10. The molecule has 10 aromatic rings. The van der Waals surface area contributed by atoms with Crippen molar-refractivity contribution in [2.45, 2.75) is 6.61 Å². The van der Waals surface area contributed by atoms with Crippen LogP contribution in [0.1, 0.15) is 5.56 Å². The Labute approximate surface area is 334 Å². The molecule has 0 aliphatic carbocycles. The molecule has 0 saturated heterocycles. The highest BCUT2D eigenvalue weighted by atomic mass is 79.9. The molecule has 0 radical (unpaired) electrons. The molecule has 56 heavy (non-hydrogen) atoms. The maximum Gasteiger partial charge on any atom is 0.488 e. The van der Waals surface area contributed by atoms with Crippen LogP contribution in [0.5, 0.6) is 5.75 Å². The summed E-state index contributed by atoms with van der Waals surface area (Å²) in [6.45, 7) is 0.0645. The lowest BCUT2D eigenvalue weighted by Gasteiger charge is -2.12. The van der Waals surface area contributed by atoms with Crippen molar-refractivity contribution in [1.82, 2.24) is 0 Å². The quantitative estimate of drug-likeness (QED) is 0.123. The Balaban J connectivity index is 0.000000129. The minimum atomic E-state index is -1.43. The predicted molar refractivity (Wildman–Crippen MR) is 240 cm³/mol. The van der Waals surface area contributed by atoms with Gasteiger partial charge in [0.25, 0.3) is 0 Å². The molecule has 0 unspecified atom stereocenters. The summed E-state index contributed by atoms with van der Waals surface area (Å²) in [5.41, 5.74) is 3.68. The van der Waals surface area contributed by atoms with E-state index in [1.165, 1.54) is 77.3 Å². The van der Waals surface area contributed by atoms with Crippen LogP contribution in [0, 0.1) is 0 Å². The van der Waals surface area contributed by atoms with E-state index in [2.05, 4.69) is 162 Å². The van der Waals surface area contributed by atoms with E-state index in [0.717, 1.165) is 15.6 Å². The second-order valence-electron chi connectivity index (χ2n) is 13.6. The number of halogens is 1. The van der Waals surface area contributed by atoms with Crippen LogP contribution in [-0.2, 0) is 6.61 Å². The van der Waals surface area contributed by atoms with Gasteiger partial charge in [0, 0.05) is 4.47 Å². The standard InChI is InChI=1S/C25H18O.C18H11Br.C7H9BO3/c26-16-17-6-5-7-18(14-17)19-12-13-24-22-10-2-1-8-20(22)21-9-3-4-11-23(21)25(24)15-19;19-12-9-10-17-15-7-2-1-5-13(15)14-6-3-4-8-16(14)18(17)11-12;1-11-7-4-2-3-6(5-7)8(9)10/h1-15,26H,16H2;1-11H;2-5,9-10H,1H3. The van der Waals surface area contributed by atoms with Crippen LogP contribution < -0.4 is 10.2 Å². The minimum absolute atomic E-state index is 0.0645. The highest BCUT2D eigenvalue weighted by Crippen LogP contribution is 2.38. The lowest BCUT2D eigenvalue weighted by atomic mass is 9.80. The summed E-state index contributed by atoms with van der Waals surface area (Å²) < 4.78 is 6.01. The van der Waals surface area contributed by atoms with Gasteiger partial charge >= 0.3 is 7.12 Å². The van der Waals surface area contributed by atoms with E-state index < -0.39 is 7.12 Å². The third-order valence-electron chi connectivity index (χ3n) is 10.3. The molecule has 0 saturated carbocycles. The highest BCUT2D eigenvalue weighted by Gasteiger charge is 2.12. The first kappa shape index (κ1) is 36.9. The summed E-state index contributed by atoms with van der Waals surface area (Å²) in [6.07, 6.45) is 0. The molecule has 0 aliphatic rings. The van der Waals surface area contributed by atoms with E-state index in [9.17, 15) is 5.11 Å². The van der Waals surface area contributed by atoms with Gasteiger partial charge in [-0.1, -0.05) is 162 Å². The number of ether oxygens (including phenoxy) is 1. The predicted octanol–water partition coefficient (Wildman–Crippen LogP) is 11.6. The topological polar surface area (TPSA) is 69.9 Å². The second-order valence-corrected chi connectivity index (χ2v) is 14.6. The first-order valence-corrected chi connectivity index (χ1v) is 19.2. The minimum Gasteiger partial charge on any atom is -0.497 e. The Bertz CT molecular complexity index is 2940. The average molecular weight is 794 g/mol. The van der Waals surface area contributed by atoms with Gasteiger partial charge in [-0.3, -0.25) is 0 Å². The molecular weight excluding hydrogens is 755 g/mol. The Morgan fingerprint density at radius 2 is 0.857 bits per heavy atom. The molecule has 6 heteroatoms. The molecule has 272 valence electrons. The van der Waals surface area contributed by atoms with E-state index in [4.69, 9.17) is 14.8 Å². The van der Waals surface area contributed by atoms with Gasteiger partial charge in [-0.2, -0.15) is 0 Å². The van der Waals surface area contributed by atoms with Crippen molar-refractivity contribution in [3.8, 4) is 16.9 Å². The van der Waals surface area contributed by atoms with Gasteiger partial charge in [0.15, 0.2) is 0 Å². The lowest BCUT2D eigenvalue weighted by Crippen LogP contribution is -2.29. The molecular formula is C50H38BBrO4. The van der Waals surface area contributed by atoms with Gasteiger partial charge in [0.1, 0.15) is 5.75 Å². The van der Waals surface area contributed by atoms with Crippen molar-refractivity contribution in [2.24, 2.45) is 0 Å². The summed E-state index contributed by atoms with van der Waals surface area (Å²) in [5, 5.41) is 42.5. The van der Waals surface area contributed by atoms with Crippen LogP contribution in [0.2, 0.25) is 0 Å². The number of fused-ring (bicyclic) bond motifs is 12. The van der Waals surface area contributed by atoms with E-state index in [0.29, 0.717) is 11.2 Å². The van der Waals surface area contributed by atoms with Gasteiger partial charge in [-0.25, -0.2) is 0 Å². The van der Waals surface area contributed by atoms with E-state index in [-0.39, 0.29) is 6.61 Å². The maximum absolute atomic E-state index is 9.44. The molecule has 10 aromatic carbocycles. The van der Waals surface area contributed by atoms with Crippen LogP contribution >= 0.6 is 15.9 Å². The van der Waals surface area contributed by atoms with Crippen molar-refractivity contribution in [2.75, 3.05) is 7.11 Å². The van der Waals surface area contributed by atoms with Crippen molar-refractivity contribution < 1.29 is 19.9 Å².